The monoisotopic (exact) mass is 471 g/mol. The van der Waals surface area contributed by atoms with Crippen molar-refractivity contribution in [2.24, 2.45) is 0 Å². The first-order valence-electron chi connectivity index (χ1n) is 11.2. The number of benzene rings is 2. The van der Waals surface area contributed by atoms with Gasteiger partial charge in [0.1, 0.15) is 23.2 Å². The molecule has 0 N–H and O–H groups in total. The molecule has 0 atom stereocenters. The van der Waals surface area contributed by atoms with Crippen molar-refractivity contribution in [1.29, 1.82) is 5.26 Å². The summed E-state index contributed by atoms with van der Waals surface area (Å²) in [6.07, 6.45) is 0. The fraction of sp³-hybridized carbons (Fsp3) is 0.231. The fourth-order valence-corrected chi connectivity index (χ4v) is 4.51. The molecule has 0 saturated carbocycles. The van der Waals surface area contributed by atoms with Crippen molar-refractivity contribution >= 4 is 22.5 Å². The summed E-state index contributed by atoms with van der Waals surface area (Å²) in [7, 11) is 0. The van der Waals surface area contributed by atoms with Crippen LogP contribution in [0.4, 0.5) is 10.1 Å². The lowest BCUT2D eigenvalue weighted by Gasteiger charge is -2.36. The number of nitrogens with zero attached hydrogens (tertiary/aromatic N) is 5. The molecule has 8 nitrogen and oxygen atoms in total. The van der Waals surface area contributed by atoms with Gasteiger partial charge < -0.3 is 18.9 Å². The van der Waals surface area contributed by atoms with E-state index in [4.69, 9.17) is 4.52 Å². The molecule has 5 rings (SSSR count). The van der Waals surface area contributed by atoms with Crippen molar-refractivity contribution in [3.63, 3.8) is 0 Å². The summed E-state index contributed by atoms with van der Waals surface area (Å²) in [5.74, 6) is 0.00947. The number of carbonyl (C=O) groups is 1. The number of fused-ring (bicyclic) bond motifs is 1. The fourth-order valence-electron chi connectivity index (χ4n) is 4.51. The first-order valence-corrected chi connectivity index (χ1v) is 11.2. The first-order chi connectivity index (χ1) is 17.0. The molecule has 0 bridgehead atoms. The van der Waals surface area contributed by atoms with Gasteiger partial charge in [-0.25, -0.2) is 4.39 Å². The number of para-hydroxylation sites is 1. The summed E-state index contributed by atoms with van der Waals surface area (Å²) in [5, 5.41) is 14.6. The summed E-state index contributed by atoms with van der Waals surface area (Å²) in [5.41, 5.74) is 1.94. The molecular weight excluding hydrogens is 449 g/mol. The zero-order valence-electron chi connectivity index (χ0n) is 19.1. The van der Waals surface area contributed by atoms with E-state index in [1.165, 1.54) is 12.1 Å². The third-order valence-electron chi connectivity index (χ3n) is 6.24. The number of amides is 1. The van der Waals surface area contributed by atoms with Gasteiger partial charge in [0.05, 0.1) is 17.7 Å². The zero-order chi connectivity index (χ0) is 24.5. The Morgan fingerprint density at radius 3 is 2.49 bits per heavy atom. The standard InChI is InChI=1S/C26H22FN5O3/c1-17-14-22(29-35-17)26(34)31-12-10-30(11-13-31)24-20-4-2-3-5-23(20)32(25(33)21(24)15-28)16-18-6-8-19(27)9-7-18/h2-9,14H,10-13,16H2,1H3. The molecule has 0 radical (unpaired) electrons. The molecule has 2 aromatic carbocycles. The van der Waals surface area contributed by atoms with Gasteiger partial charge in [0.2, 0.25) is 0 Å². The number of hydrogen-bond acceptors (Lipinski definition) is 6. The molecule has 1 aliphatic rings. The molecule has 176 valence electrons. The maximum Gasteiger partial charge on any atom is 0.276 e. The topological polar surface area (TPSA) is 95.4 Å². The Kier molecular flexibility index (Phi) is 5.79. The first kappa shape index (κ1) is 22.3. The predicted octanol–water partition coefficient (Wildman–Crippen LogP) is 3.32. The lowest BCUT2D eigenvalue weighted by molar-refractivity contribution is 0.0736. The minimum absolute atomic E-state index is 0.0534. The van der Waals surface area contributed by atoms with Gasteiger partial charge in [0.25, 0.3) is 11.5 Å². The largest absolute Gasteiger partial charge is 0.366 e. The van der Waals surface area contributed by atoms with E-state index >= 15 is 0 Å². The SMILES string of the molecule is Cc1cc(C(=O)N2CCN(c3c(C#N)c(=O)n(Cc4ccc(F)cc4)c4ccccc34)CC2)no1. The van der Waals surface area contributed by atoms with E-state index in [-0.39, 0.29) is 29.5 Å². The highest BCUT2D eigenvalue weighted by atomic mass is 19.1. The van der Waals surface area contributed by atoms with E-state index in [9.17, 15) is 19.2 Å². The Morgan fingerprint density at radius 2 is 1.83 bits per heavy atom. The highest BCUT2D eigenvalue weighted by molar-refractivity contribution is 5.95. The number of carbonyl (C=O) groups excluding carboxylic acids is 1. The van der Waals surface area contributed by atoms with Crippen molar-refractivity contribution in [2.75, 3.05) is 31.1 Å². The van der Waals surface area contributed by atoms with Gasteiger partial charge in [0, 0.05) is 37.6 Å². The number of pyridine rings is 1. The molecule has 2 aromatic heterocycles. The van der Waals surface area contributed by atoms with Gasteiger partial charge >= 0.3 is 0 Å². The van der Waals surface area contributed by atoms with Crippen LogP contribution in [0.3, 0.4) is 0 Å². The number of aromatic nitrogens is 2. The molecule has 0 unspecified atom stereocenters. The molecule has 9 heteroatoms. The Balaban J connectivity index is 1.49. The molecule has 1 saturated heterocycles. The second-order valence-corrected chi connectivity index (χ2v) is 8.47. The van der Waals surface area contributed by atoms with Crippen LogP contribution in [-0.2, 0) is 6.54 Å². The molecule has 35 heavy (non-hydrogen) atoms. The molecule has 1 amide bonds. The number of nitriles is 1. The van der Waals surface area contributed by atoms with Crippen LogP contribution in [-0.4, -0.2) is 46.7 Å². The third kappa shape index (κ3) is 4.15. The predicted molar refractivity (Wildman–Crippen MR) is 128 cm³/mol. The van der Waals surface area contributed by atoms with Crippen molar-refractivity contribution in [3.05, 3.63) is 93.3 Å². The van der Waals surface area contributed by atoms with Crippen LogP contribution in [0.1, 0.15) is 27.4 Å². The van der Waals surface area contributed by atoms with Crippen LogP contribution < -0.4 is 10.5 Å². The normalized spacial score (nSPS) is 13.7. The van der Waals surface area contributed by atoms with Crippen molar-refractivity contribution in [1.82, 2.24) is 14.6 Å². The lowest BCUT2D eigenvalue weighted by Crippen LogP contribution is -2.49. The molecule has 4 aromatic rings. The van der Waals surface area contributed by atoms with E-state index in [1.54, 1.807) is 34.6 Å². The van der Waals surface area contributed by atoms with Gasteiger partial charge in [-0.1, -0.05) is 35.5 Å². The summed E-state index contributed by atoms with van der Waals surface area (Å²) in [4.78, 5) is 29.9. The van der Waals surface area contributed by atoms with E-state index in [1.807, 2.05) is 29.2 Å². The van der Waals surface area contributed by atoms with Crippen LogP contribution in [0.25, 0.3) is 10.9 Å². The maximum absolute atomic E-state index is 13.5. The van der Waals surface area contributed by atoms with Crippen LogP contribution in [0, 0.1) is 24.1 Å². The number of aryl methyl sites for hydroxylation is 1. The Bertz CT molecular complexity index is 1510. The quantitative estimate of drug-likeness (QED) is 0.453. The van der Waals surface area contributed by atoms with Gasteiger partial charge in [-0.15, -0.1) is 0 Å². The highest BCUT2D eigenvalue weighted by Crippen LogP contribution is 2.30. The van der Waals surface area contributed by atoms with E-state index in [0.29, 0.717) is 43.1 Å². The molecule has 3 heterocycles. The number of rotatable bonds is 4. The molecule has 0 spiro atoms. The number of anilines is 1. The summed E-state index contributed by atoms with van der Waals surface area (Å²) < 4.78 is 19.9. The van der Waals surface area contributed by atoms with Gasteiger partial charge in [-0.3, -0.25) is 9.59 Å². The summed E-state index contributed by atoms with van der Waals surface area (Å²) >= 11 is 0. The zero-order valence-corrected chi connectivity index (χ0v) is 19.1. The third-order valence-corrected chi connectivity index (χ3v) is 6.24. The second-order valence-electron chi connectivity index (χ2n) is 8.47. The van der Waals surface area contributed by atoms with Gasteiger partial charge in [-0.05, 0) is 30.7 Å². The van der Waals surface area contributed by atoms with Crippen molar-refractivity contribution in [3.8, 4) is 6.07 Å². The van der Waals surface area contributed by atoms with Gasteiger partial charge in [-0.2, -0.15) is 5.26 Å². The van der Waals surface area contributed by atoms with Crippen LogP contribution in [0.5, 0.6) is 0 Å². The maximum atomic E-state index is 13.5. The summed E-state index contributed by atoms with van der Waals surface area (Å²) in [6.45, 7) is 3.71. The van der Waals surface area contributed by atoms with Crippen LogP contribution >= 0.6 is 0 Å². The lowest BCUT2D eigenvalue weighted by atomic mass is 10.1. The minimum Gasteiger partial charge on any atom is -0.366 e. The minimum atomic E-state index is -0.401. The Morgan fingerprint density at radius 1 is 1.11 bits per heavy atom. The van der Waals surface area contributed by atoms with Gasteiger partial charge in [0.15, 0.2) is 5.69 Å². The summed E-state index contributed by atoms with van der Waals surface area (Å²) in [6, 6.07) is 17.1. The smallest absolute Gasteiger partial charge is 0.276 e. The average molecular weight is 471 g/mol. The second kappa shape index (κ2) is 9.06. The molecular formula is C26H22FN5O3. The van der Waals surface area contributed by atoms with Crippen LogP contribution in [0.15, 0.2) is 63.9 Å². The van der Waals surface area contributed by atoms with Crippen molar-refractivity contribution < 1.29 is 13.7 Å². The van der Waals surface area contributed by atoms with E-state index in [0.717, 1.165) is 10.9 Å². The van der Waals surface area contributed by atoms with Crippen LogP contribution in [0.2, 0.25) is 0 Å². The molecule has 0 aliphatic carbocycles. The number of piperazine rings is 1. The average Bonchev–Trinajstić information content (AvgIpc) is 3.32. The van der Waals surface area contributed by atoms with E-state index in [2.05, 4.69) is 11.2 Å². The Hall–Kier alpha value is -4.45. The highest BCUT2D eigenvalue weighted by Gasteiger charge is 2.28. The number of hydrogen-bond donors (Lipinski definition) is 0. The molecule has 1 aliphatic heterocycles. The van der Waals surface area contributed by atoms with Crippen molar-refractivity contribution in [2.45, 2.75) is 13.5 Å². The Labute approximate surface area is 200 Å². The molecule has 1 fully saturated rings. The number of halogens is 1. The van der Waals surface area contributed by atoms with E-state index < -0.39 is 5.56 Å².